The Kier molecular flexibility index (Phi) is 4.75. The predicted octanol–water partition coefficient (Wildman–Crippen LogP) is 5.90. The highest BCUT2D eigenvalue weighted by molar-refractivity contribution is 7.21. The van der Waals surface area contributed by atoms with E-state index < -0.39 is 0 Å². The first-order chi connectivity index (χ1) is 13.5. The van der Waals surface area contributed by atoms with Crippen LogP contribution in [0.2, 0.25) is 5.02 Å². The SMILES string of the molecule is Cc1c(Cl)cccc1NC(=O)c1sc2nc(-c3ccccc3F)ccc2c1N. The van der Waals surface area contributed by atoms with Gasteiger partial charge in [-0.25, -0.2) is 9.37 Å². The third-order valence-electron chi connectivity index (χ3n) is 4.47. The molecule has 0 unspecified atom stereocenters. The van der Waals surface area contributed by atoms with E-state index in [2.05, 4.69) is 10.3 Å². The highest BCUT2D eigenvalue weighted by Gasteiger charge is 2.19. The monoisotopic (exact) mass is 411 g/mol. The second-order valence-electron chi connectivity index (χ2n) is 6.24. The first kappa shape index (κ1) is 18.4. The molecule has 1 amide bonds. The van der Waals surface area contributed by atoms with E-state index in [9.17, 15) is 9.18 Å². The number of rotatable bonds is 3. The molecule has 4 aromatic rings. The Morgan fingerprint density at radius 2 is 1.93 bits per heavy atom. The lowest BCUT2D eigenvalue weighted by atomic mass is 10.1. The summed E-state index contributed by atoms with van der Waals surface area (Å²) in [5.74, 6) is -0.688. The van der Waals surface area contributed by atoms with Gasteiger partial charge >= 0.3 is 0 Å². The van der Waals surface area contributed by atoms with Crippen molar-refractivity contribution in [1.29, 1.82) is 0 Å². The van der Waals surface area contributed by atoms with Gasteiger partial charge in [0.1, 0.15) is 15.5 Å². The van der Waals surface area contributed by atoms with E-state index >= 15 is 0 Å². The van der Waals surface area contributed by atoms with Crippen molar-refractivity contribution in [1.82, 2.24) is 4.98 Å². The maximum Gasteiger partial charge on any atom is 0.267 e. The molecule has 0 aliphatic rings. The van der Waals surface area contributed by atoms with Crippen molar-refractivity contribution in [3.8, 4) is 11.3 Å². The average Bonchev–Trinajstić information content (AvgIpc) is 3.02. The average molecular weight is 412 g/mol. The third kappa shape index (κ3) is 3.21. The summed E-state index contributed by atoms with van der Waals surface area (Å²) in [6, 6.07) is 15.2. The molecule has 0 saturated carbocycles. The number of anilines is 2. The van der Waals surface area contributed by atoms with Crippen LogP contribution in [0.15, 0.2) is 54.6 Å². The van der Waals surface area contributed by atoms with Gasteiger partial charge in [-0.2, -0.15) is 0 Å². The van der Waals surface area contributed by atoms with Crippen molar-refractivity contribution in [2.75, 3.05) is 11.1 Å². The molecule has 0 aliphatic carbocycles. The number of nitrogen functional groups attached to an aromatic ring is 1. The summed E-state index contributed by atoms with van der Waals surface area (Å²) >= 11 is 7.29. The largest absolute Gasteiger partial charge is 0.397 e. The summed E-state index contributed by atoms with van der Waals surface area (Å²) < 4.78 is 14.1. The highest BCUT2D eigenvalue weighted by atomic mass is 35.5. The molecule has 4 nitrogen and oxygen atoms in total. The number of carbonyl (C=O) groups excluding carboxylic acids is 1. The molecule has 2 aromatic carbocycles. The zero-order chi connectivity index (χ0) is 19.8. The summed E-state index contributed by atoms with van der Waals surface area (Å²) in [6.45, 7) is 1.83. The second-order valence-corrected chi connectivity index (χ2v) is 7.65. The molecule has 2 aromatic heterocycles. The van der Waals surface area contributed by atoms with Gasteiger partial charge in [-0.3, -0.25) is 4.79 Å². The molecular formula is C21H15ClFN3OS. The van der Waals surface area contributed by atoms with Gasteiger partial charge in [-0.05, 0) is 48.9 Å². The predicted molar refractivity (Wildman–Crippen MR) is 114 cm³/mol. The molecule has 0 fully saturated rings. The lowest BCUT2D eigenvalue weighted by Gasteiger charge is -2.08. The molecule has 7 heteroatoms. The van der Waals surface area contributed by atoms with Crippen LogP contribution in [0.4, 0.5) is 15.8 Å². The lowest BCUT2D eigenvalue weighted by molar-refractivity contribution is 0.103. The van der Waals surface area contributed by atoms with Crippen LogP contribution in [-0.4, -0.2) is 10.9 Å². The maximum absolute atomic E-state index is 14.1. The number of amides is 1. The number of aromatic nitrogens is 1. The fourth-order valence-corrected chi connectivity index (χ4v) is 4.07. The van der Waals surface area contributed by atoms with Crippen LogP contribution < -0.4 is 11.1 Å². The molecule has 0 radical (unpaired) electrons. The molecule has 2 heterocycles. The summed E-state index contributed by atoms with van der Waals surface area (Å²) in [5.41, 5.74) is 8.83. The van der Waals surface area contributed by atoms with Crippen LogP contribution in [-0.2, 0) is 0 Å². The minimum atomic E-state index is -0.353. The van der Waals surface area contributed by atoms with Crippen LogP contribution in [0.25, 0.3) is 21.5 Å². The summed E-state index contributed by atoms with van der Waals surface area (Å²) in [5, 5.41) is 4.08. The van der Waals surface area contributed by atoms with Crippen molar-refractivity contribution in [2.24, 2.45) is 0 Å². The van der Waals surface area contributed by atoms with Gasteiger partial charge in [0.2, 0.25) is 0 Å². The van der Waals surface area contributed by atoms with Gasteiger partial charge in [0, 0.05) is 21.7 Å². The molecular weight excluding hydrogens is 397 g/mol. The van der Waals surface area contributed by atoms with Crippen LogP contribution in [0.5, 0.6) is 0 Å². The fraction of sp³-hybridized carbons (Fsp3) is 0.0476. The molecule has 0 atom stereocenters. The molecule has 0 saturated heterocycles. The molecule has 140 valence electrons. The normalized spacial score (nSPS) is 11.0. The second kappa shape index (κ2) is 7.22. The Balaban J connectivity index is 1.72. The number of fused-ring (bicyclic) bond motifs is 1. The van der Waals surface area contributed by atoms with Crippen molar-refractivity contribution < 1.29 is 9.18 Å². The van der Waals surface area contributed by atoms with Gasteiger partial charge in [-0.15, -0.1) is 11.3 Å². The van der Waals surface area contributed by atoms with E-state index in [1.54, 1.807) is 48.5 Å². The topological polar surface area (TPSA) is 68.0 Å². The first-order valence-corrected chi connectivity index (χ1v) is 9.65. The number of nitrogens with two attached hydrogens (primary N) is 1. The summed E-state index contributed by atoms with van der Waals surface area (Å²) in [7, 11) is 0. The summed E-state index contributed by atoms with van der Waals surface area (Å²) in [6.07, 6.45) is 0. The summed E-state index contributed by atoms with van der Waals surface area (Å²) in [4.78, 5) is 18.2. The van der Waals surface area contributed by atoms with E-state index in [1.807, 2.05) is 6.92 Å². The van der Waals surface area contributed by atoms with Crippen molar-refractivity contribution >= 4 is 50.4 Å². The van der Waals surface area contributed by atoms with Gasteiger partial charge in [0.15, 0.2) is 0 Å². The maximum atomic E-state index is 14.1. The number of thiophene rings is 1. The number of hydrogen-bond donors (Lipinski definition) is 2. The van der Waals surface area contributed by atoms with E-state index in [4.69, 9.17) is 17.3 Å². The zero-order valence-electron chi connectivity index (χ0n) is 14.8. The van der Waals surface area contributed by atoms with Crippen molar-refractivity contribution in [3.05, 3.63) is 75.9 Å². The number of halogens is 2. The fourth-order valence-electron chi connectivity index (χ4n) is 2.91. The van der Waals surface area contributed by atoms with Crippen LogP contribution in [0.1, 0.15) is 15.2 Å². The minimum absolute atomic E-state index is 0.335. The van der Waals surface area contributed by atoms with E-state index in [-0.39, 0.29) is 11.7 Å². The van der Waals surface area contributed by atoms with Crippen molar-refractivity contribution in [3.63, 3.8) is 0 Å². The van der Waals surface area contributed by atoms with Gasteiger partial charge in [0.05, 0.1) is 11.4 Å². The quantitative estimate of drug-likeness (QED) is 0.441. The molecule has 3 N–H and O–H groups in total. The van der Waals surface area contributed by atoms with Gasteiger partial charge < -0.3 is 11.1 Å². The van der Waals surface area contributed by atoms with E-state index in [1.165, 1.54) is 17.4 Å². The molecule has 0 spiro atoms. The van der Waals surface area contributed by atoms with Crippen LogP contribution >= 0.6 is 22.9 Å². The number of hydrogen-bond acceptors (Lipinski definition) is 4. The Hall–Kier alpha value is -2.96. The minimum Gasteiger partial charge on any atom is -0.397 e. The third-order valence-corrected chi connectivity index (χ3v) is 5.99. The number of nitrogens with one attached hydrogen (secondary N) is 1. The smallest absolute Gasteiger partial charge is 0.267 e. The van der Waals surface area contributed by atoms with Crippen LogP contribution in [0.3, 0.4) is 0 Å². The Morgan fingerprint density at radius 1 is 1.14 bits per heavy atom. The molecule has 0 bridgehead atoms. The van der Waals surface area contributed by atoms with Gasteiger partial charge in [0.25, 0.3) is 5.91 Å². The Morgan fingerprint density at radius 3 is 2.71 bits per heavy atom. The molecule has 4 rings (SSSR count). The molecule has 0 aliphatic heterocycles. The number of pyridine rings is 1. The highest BCUT2D eigenvalue weighted by Crippen LogP contribution is 2.35. The number of carbonyl (C=O) groups is 1. The Labute approximate surface area is 169 Å². The zero-order valence-corrected chi connectivity index (χ0v) is 16.4. The van der Waals surface area contributed by atoms with E-state index in [0.29, 0.717) is 42.7 Å². The number of nitrogens with zero attached hydrogens (tertiary/aromatic N) is 1. The van der Waals surface area contributed by atoms with Gasteiger partial charge in [-0.1, -0.05) is 29.8 Å². The first-order valence-electron chi connectivity index (χ1n) is 8.46. The lowest BCUT2D eigenvalue weighted by Crippen LogP contribution is -2.12. The number of benzene rings is 2. The molecule has 28 heavy (non-hydrogen) atoms. The van der Waals surface area contributed by atoms with E-state index in [0.717, 1.165) is 5.56 Å². The standard InChI is InChI=1S/C21H15ClFN3OS/c1-11-14(22)6-4-8-16(11)25-20(27)19-18(24)13-9-10-17(26-21(13)28-19)12-5-2-3-7-15(12)23/h2-10H,24H2,1H3,(H,25,27). The Bertz CT molecular complexity index is 1220. The van der Waals surface area contributed by atoms with Crippen LogP contribution in [0, 0.1) is 12.7 Å². The van der Waals surface area contributed by atoms with Crippen molar-refractivity contribution in [2.45, 2.75) is 6.92 Å².